The quantitative estimate of drug-likeness (QED) is 0.752. The van der Waals surface area contributed by atoms with Crippen molar-refractivity contribution >= 4 is 11.9 Å². The second-order valence-corrected chi connectivity index (χ2v) is 4.79. The average Bonchev–Trinajstić information content (AvgIpc) is 2.13. The van der Waals surface area contributed by atoms with Gasteiger partial charge in [-0.05, 0) is 19.9 Å². The molecule has 0 aromatic carbocycles. The summed E-state index contributed by atoms with van der Waals surface area (Å²) in [5.74, 6) is 1.02. The summed E-state index contributed by atoms with van der Waals surface area (Å²) in [6.45, 7) is 5.36. The van der Waals surface area contributed by atoms with Crippen molar-refractivity contribution < 1.29 is 4.79 Å². The Morgan fingerprint density at radius 2 is 1.82 bits per heavy atom. The number of aromatic nitrogens is 2. The van der Waals surface area contributed by atoms with Gasteiger partial charge in [-0.1, -0.05) is 0 Å². The van der Waals surface area contributed by atoms with Crippen LogP contribution >= 0.6 is 0 Å². The summed E-state index contributed by atoms with van der Waals surface area (Å²) in [6.07, 6.45) is 0. The summed E-state index contributed by atoms with van der Waals surface area (Å²) in [4.78, 5) is 24.2. The van der Waals surface area contributed by atoms with Crippen LogP contribution < -0.4 is 4.90 Å². The highest BCUT2D eigenvalue weighted by atomic mass is 16.2. The Labute approximate surface area is 101 Å². The maximum absolute atomic E-state index is 11.7. The topological polar surface area (TPSA) is 49.3 Å². The van der Waals surface area contributed by atoms with Crippen molar-refractivity contribution in [3.05, 3.63) is 17.5 Å². The van der Waals surface area contributed by atoms with Gasteiger partial charge in [-0.25, -0.2) is 9.97 Å². The first-order valence-electron chi connectivity index (χ1n) is 5.76. The van der Waals surface area contributed by atoms with Gasteiger partial charge in [-0.15, -0.1) is 0 Å². The zero-order chi connectivity index (χ0) is 12.6. The van der Waals surface area contributed by atoms with Crippen LogP contribution in [0.1, 0.15) is 11.4 Å². The Kier molecular flexibility index (Phi) is 3.00. The standard InChI is InChI=1S/C12H18N4O/c1-8-5-9(2)14-12(13-8)16-6-10(7-16)11(17)15(3)4/h5,10H,6-7H2,1-4H3. The first-order chi connectivity index (χ1) is 7.97. The third kappa shape index (κ3) is 2.38. The van der Waals surface area contributed by atoms with Gasteiger partial charge in [0, 0.05) is 38.6 Å². The smallest absolute Gasteiger partial charge is 0.228 e. The van der Waals surface area contributed by atoms with Crippen LogP contribution in [0.2, 0.25) is 0 Å². The first kappa shape index (κ1) is 11.8. The fourth-order valence-electron chi connectivity index (χ4n) is 2.01. The molecule has 17 heavy (non-hydrogen) atoms. The molecule has 1 fully saturated rings. The summed E-state index contributed by atoms with van der Waals surface area (Å²) >= 11 is 0. The number of rotatable bonds is 2. The zero-order valence-corrected chi connectivity index (χ0v) is 10.8. The molecule has 0 atom stereocenters. The monoisotopic (exact) mass is 234 g/mol. The lowest BCUT2D eigenvalue weighted by atomic mass is 9.99. The van der Waals surface area contributed by atoms with E-state index < -0.39 is 0 Å². The molecule has 0 N–H and O–H groups in total. The third-order valence-corrected chi connectivity index (χ3v) is 2.92. The zero-order valence-electron chi connectivity index (χ0n) is 10.8. The molecule has 5 nitrogen and oxygen atoms in total. The van der Waals surface area contributed by atoms with Crippen molar-refractivity contribution in [2.75, 3.05) is 32.1 Å². The van der Waals surface area contributed by atoms with Gasteiger partial charge in [0.1, 0.15) is 0 Å². The van der Waals surface area contributed by atoms with E-state index in [2.05, 4.69) is 9.97 Å². The maximum atomic E-state index is 11.7. The Hall–Kier alpha value is -1.65. The third-order valence-electron chi connectivity index (χ3n) is 2.92. The van der Waals surface area contributed by atoms with Gasteiger partial charge in [-0.3, -0.25) is 4.79 Å². The van der Waals surface area contributed by atoms with Crippen molar-refractivity contribution in [2.24, 2.45) is 5.92 Å². The van der Waals surface area contributed by atoms with E-state index >= 15 is 0 Å². The molecule has 2 heterocycles. The molecular formula is C12H18N4O. The number of carbonyl (C=O) groups is 1. The number of aryl methyl sites for hydroxylation is 2. The van der Waals surface area contributed by atoms with Gasteiger partial charge in [0.15, 0.2) is 0 Å². The van der Waals surface area contributed by atoms with E-state index in [9.17, 15) is 4.79 Å². The number of amides is 1. The van der Waals surface area contributed by atoms with Crippen LogP contribution in [0.5, 0.6) is 0 Å². The molecule has 92 valence electrons. The summed E-state index contributed by atoms with van der Waals surface area (Å²) < 4.78 is 0. The Bertz CT molecular complexity index is 418. The second kappa shape index (κ2) is 4.31. The maximum Gasteiger partial charge on any atom is 0.228 e. The summed E-state index contributed by atoms with van der Waals surface area (Å²) in [6, 6.07) is 1.95. The molecule has 1 aliphatic heterocycles. The fourth-order valence-corrected chi connectivity index (χ4v) is 2.01. The van der Waals surface area contributed by atoms with Crippen LogP contribution in [0, 0.1) is 19.8 Å². The molecule has 0 unspecified atom stereocenters. The first-order valence-corrected chi connectivity index (χ1v) is 5.76. The number of carbonyl (C=O) groups excluding carboxylic acids is 1. The molecule has 1 aromatic rings. The van der Waals surface area contributed by atoms with E-state index in [1.165, 1.54) is 0 Å². The van der Waals surface area contributed by atoms with Crippen LogP contribution in [-0.4, -0.2) is 48.0 Å². The molecule has 1 aromatic heterocycles. The molecule has 0 bridgehead atoms. The van der Waals surface area contributed by atoms with Gasteiger partial charge >= 0.3 is 0 Å². The Balaban J connectivity index is 2.02. The minimum Gasteiger partial charge on any atom is -0.348 e. The summed E-state index contributed by atoms with van der Waals surface area (Å²) in [7, 11) is 3.58. The Morgan fingerprint density at radius 3 is 2.29 bits per heavy atom. The minimum absolute atomic E-state index is 0.0921. The molecule has 5 heteroatoms. The molecule has 1 saturated heterocycles. The van der Waals surface area contributed by atoms with E-state index in [-0.39, 0.29) is 11.8 Å². The molecule has 1 amide bonds. The van der Waals surface area contributed by atoms with Crippen molar-refractivity contribution in [3.63, 3.8) is 0 Å². The molecule has 1 aliphatic rings. The molecule has 0 saturated carbocycles. The molecule has 0 radical (unpaired) electrons. The molecule has 0 spiro atoms. The van der Waals surface area contributed by atoms with Gasteiger partial charge in [0.2, 0.25) is 11.9 Å². The number of hydrogen-bond donors (Lipinski definition) is 0. The summed E-state index contributed by atoms with van der Waals surface area (Å²) in [5, 5.41) is 0. The van der Waals surface area contributed by atoms with Crippen molar-refractivity contribution in [2.45, 2.75) is 13.8 Å². The normalized spacial score (nSPS) is 15.6. The summed E-state index contributed by atoms with van der Waals surface area (Å²) in [5.41, 5.74) is 1.93. The van der Waals surface area contributed by atoms with Crippen molar-refractivity contribution in [1.82, 2.24) is 14.9 Å². The van der Waals surface area contributed by atoms with Crippen LogP contribution in [0.25, 0.3) is 0 Å². The van der Waals surface area contributed by atoms with Crippen LogP contribution in [-0.2, 0) is 4.79 Å². The predicted molar refractivity (Wildman–Crippen MR) is 65.9 cm³/mol. The van der Waals surface area contributed by atoms with Gasteiger partial charge in [0.05, 0.1) is 5.92 Å². The number of nitrogens with zero attached hydrogens (tertiary/aromatic N) is 4. The number of hydrogen-bond acceptors (Lipinski definition) is 4. The lowest BCUT2D eigenvalue weighted by Gasteiger charge is -2.39. The molecule has 0 aliphatic carbocycles. The largest absolute Gasteiger partial charge is 0.348 e. The minimum atomic E-state index is 0.0921. The van der Waals surface area contributed by atoms with Crippen molar-refractivity contribution in [1.29, 1.82) is 0 Å². The van der Waals surface area contributed by atoms with E-state index in [0.29, 0.717) is 0 Å². The van der Waals surface area contributed by atoms with Crippen LogP contribution in [0.4, 0.5) is 5.95 Å². The van der Waals surface area contributed by atoms with E-state index in [4.69, 9.17) is 0 Å². The van der Waals surface area contributed by atoms with Crippen molar-refractivity contribution in [3.8, 4) is 0 Å². The van der Waals surface area contributed by atoms with Gasteiger partial charge < -0.3 is 9.80 Å². The predicted octanol–water partition coefficient (Wildman–Crippen LogP) is 0.618. The van der Waals surface area contributed by atoms with Gasteiger partial charge in [0.25, 0.3) is 0 Å². The average molecular weight is 234 g/mol. The Morgan fingerprint density at radius 1 is 1.29 bits per heavy atom. The highest BCUT2D eigenvalue weighted by Crippen LogP contribution is 2.22. The molecule has 2 rings (SSSR count). The van der Waals surface area contributed by atoms with E-state index in [1.54, 1.807) is 19.0 Å². The van der Waals surface area contributed by atoms with E-state index in [1.807, 2.05) is 24.8 Å². The highest BCUT2D eigenvalue weighted by Gasteiger charge is 2.35. The van der Waals surface area contributed by atoms with E-state index in [0.717, 1.165) is 30.4 Å². The number of anilines is 1. The second-order valence-electron chi connectivity index (χ2n) is 4.79. The fraction of sp³-hybridized carbons (Fsp3) is 0.583. The highest BCUT2D eigenvalue weighted by molar-refractivity contribution is 5.81. The SMILES string of the molecule is Cc1cc(C)nc(N2CC(C(=O)N(C)C)C2)n1. The van der Waals surface area contributed by atoms with Gasteiger partial charge in [-0.2, -0.15) is 0 Å². The van der Waals surface area contributed by atoms with Crippen LogP contribution in [0.3, 0.4) is 0 Å². The lowest BCUT2D eigenvalue weighted by molar-refractivity contribution is -0.133. The van der Waals surface area contributed by atoms with Crippen LogP contribution in [0.15, 0.2) is 6.07 Å². The molecular weight excluding hydrogens is 216 g/mol. The lowest BCUT2D eigenvalue weighted by Crippen LogP contribution is -2.54.